The van der Waals surface area contributed by atoms with Crippen molar-refractivity contribution in [1.82, 2.24) is 24.5 Å². The van der Waals surface area contributed by atoms with E-state index in [1.807, 2.05) is 0 Å². The Balaban J connectivity index is 1.39. The summed E-state index contributed by atoms with van der Waals surface area (Å²) < 4.78 is 44.4. The predicted molar refractivity (Wildman–Crippen MR) is 132 cm³/mol. The Hall–Kier alpha value is -4.29. The number of hydrogen-bond donors (Lipinski definition) is 2. The van der Waals surface area contributed by atoms with Crippen molar-refractivity contribution in [2.75, 3.05) is 10.0 Å². The number of pyridine rings is 1. The summed E-state index contributed by atoms with van der Waals surface area (Å²) in [4.78, 5) is 17.0. The number of hydrogen-bond acceptors (Lipinski definition) is 6. The molecule has 182 valence electrons. The molecule has 2 aromatic carbocycles. The van der Waals surface area contributed by atoms with Gasteiger partial charge in [-0.2, -0.15) is 18.6 Å². The molecule has 2 N–H and O–H groups in total. The number of amides is 1. The number of carbonyl (C=O) groups is 1. The highest BCUT2D eigenvalue weighted by molar-refractivity contribution is 7.92. The Morgan fingerprint density at radius 3 is 2.58 bits per heavy atom. The maximum absolute atomic E-state index is 13.4. The Labute approximate surface area is 209 Å². The fraction of sp³-hybridized carbons (Fsp3) is 0.0435. The summed E-state index contributed by atoms with van der Waals surface area (Å²) in [5.41, 5.74) is 1.17. The molecule has 3 heterocycles. The van der Waals surface area contributed by atoms with E-state index in [9.17, 15) is 17.6 Å². The second-order valence-electron chi connectivity index (χ2n) is 7.68. The molecule has 0 saturated carbocycles. The molecule has 0 fully saturated rings. The van der Waals surface area contributed by atoms with Crippen LogP contribution in [0.3, 0.4) is 0 Å². The van der Waals surface area contributed by atoms with E-state index >= 15 is 0 Å². The lowest BCUT2D eigenvalue weighted by atomic mass is 10.2. The summed E-state index contributed by atoms with van der Waals surface area (Å²) in [6, 6.07) is 15.0. The lowest BCUT2D eigenvalue weighted by Crippen LogP contribution is -2.16. The molecular formula is C23H17ClFN7O3S. The summed E-state index contributed by atoms with van der Waals surface area (Å²) >= 11 is 5.79. The second-order valence-corrected chi connectivity index (χ2v) is 9.72. The van der Waals surface area contributed by atoms with Crippen LogP contribution in [0.2, 0.25) is 5.02 Å². The van der Waals surface area contributed by atoms with Crippen molar-refractivity contribution in [2.24, 2.45) is 7.05 Å². The Morgan fingerprint density at radius 1 is 1.03 bits per heavy atom. The van der Waals surface area contributed by atoms with Gasteiger partial charge >= 0.3 is 0 Å². The second kappa shape index (κ2) is 9.06. The number of halogens is 2. The van der Waals surface area contributed by atoms with Gasteiger partial charge in [-0.15, -0.1) is 0 Å². The molecule has 0 aliphatic carbocycles. The van der Waals surface area contributed by atoms with E-state index in [0.29, 0.717) is 22.4 Å². The lowest BCUT2D eigenvalue weighted by molar-refractivity contribution is 0.101. The molecule has 10 nitrogen and oxygen atoms in total. The molecule has 3 aromatic heterocycles. The van der Waals surface area contributed by atoms with Crippen LogP contribution in [0.5, 0.6) is 0 Å². The summed E-state index contributed by atoms with van der Waals surface area (Å²) in [5.74, 6) is -0.613. The third-order valence-corrected chi connectivity index (χ3v) is 6.77. The highest BCUT2D eigenvalue weighted by Crippen LogP contribution is 2.25. The first-order valence-electron chi connectivity index (χ1n) is 10.4. The molecule has 5 aromatic rings. The number of benzene rings is 2. The SMILES string of the molecule is Cn1nc2cc(NS(=O)(=O)c3ccn(-c4ccccn4)n3)ccc2c1C(=O)Nc1ccc(F)c(Cl)c1. The largest absolute Gasteiger partial charge is 0.321 e. The van der Waals surface area contributed by atoms with Gasteiger partial charge < -0.3 is 5.32 Å². The van der Waals surface area contributed by atoms with Crippen LogP contribution in [0, 0.1) is 5.82 Å². The van der Waals surface area contributed by atoms with Crippen LogP contribution in [0.25, 0.3) is 16.7 Å². The molecular weight excluding hydrogens is 509 g/mol. The molecule has 13 heteroatoms. The molecule has 0 aliphatic heterocycles. The van der Waals surface area contributed by atoms with Gasteiger partial charge in [0.15, 0.2) is 10.8 Å². The molecule has 0 atom stereocenters. The van der Waals surface area contributed by atoms with E-state index in [1.54, 1.807) is 37.5 Å². The van der Waals surface area contributed by atoms with Crippen molar-refractivity contribution < 1.29 is 17.6 Å². The summed E-state index contributed by atoms with van der Waals surface area (Å²) in [6.07, 6.45) is 3.08. The van der Waals surface area contributed by atoms with E-state index in [0.717, 1.165) is 6.07 Å². The van der Waals surface area contributed by atoms with Gasteiger partial charge in [0.25, 0.3) is 15.9 Å². The fourth-order valence-electron chi connectivity index (χ4n) is 3.57. The normalized spacial score (nSPS) is 11.5. The van der Waals surface area contributed by atoms with Crippen molar-refractivity contribution in [2.45, 2.75) is 5.03 Å². The zero-order valence-corrected chi connectivity index (χ0v) is 20.1. The molecule has 5 rings (SSSR count). The van der Waals surface area contributed by atoms with Gasteiger partial charge in [0, 0.05) is 30.5 Å². The molecule has 0 bridgehead atoms. The number of nitrogens with one attached hydrogen (secondary N) is 2. The van der Waals surface area contributed by atoms with Gasteiger partial charge in [-0.1, -0.05) is 17.7 Å². The van der Waals surface area contributed by atoms with Crippen LogP contribution in [-0.2, 0) is 17.1 Å². The van der Waals surface area contributed by atoms with Gasteiger partial charge in [-0.3, -0.25) is 14.2 Å². The number of rotatable bonds is 6. The van der Waals surface area contributed by atoms with Gasteiger partial charge in [-0.05, 0) is 54.6 Å². The zero-order chi connectivity index (χ0) is 25.4. The molecule has 1 amide bonds. The Bertz CT molecular complexity index is 1720. The minimum Gasteiger partial charge on any atom is -0.321 e. The topological polar surface area (TPSA) is 124 Å². The van der Waals surface area contributed by atoms with Crippen molar-refractivity contribution in [3.63, 3.8) is 0 Å². The first-order chi connectivity index (χ1) is 17.2. The molecule has 0 radical (unpaired) electrons. The molecule has 0 saturated heterocycles. The lowest BCUT2D eigenvalue weighted by Gasteiger charge is -2.07. The van der Waals surface area contributed by atoms with Crippen LogP contribution in [-0.4, -0.2) is 38.9 Å². The number of aryl methyl sites for hydroxylation is 1. The fourth-order valence-corrected chi connectivity index (χ4v) is 4.73. The first-order valence-corrected chi connectivity index (χ1v) is 12.3. The van der Waals surface area contributed by atoms with Crippen molar-refractivity contribution in [3.05, 3.63) is 89.6 Å². The van der Waals surface area contributed by atoms with Crippen molar-refractivity contribution >= 4 is 49.8 Å². The minimum absolute atomic E-state index is 0.121. The van der Waals surface area contributed by atoms with Gasteiger partial charge in [0.1, 0.15) is 11.5 Å². The summed E-state index contributed by atoms with van der Waals surface area (Å²) in [7, 11) is -2.42. The van der Waals surface area contributed by atoms with Crippen molar-refractivity contribution in [3.8, 4) is 5.82 Å². The third-order valence-electron chi connectivity index (χ3n) is 5.20. The maximum atomic E-state index is 13.4. The van der Waals surface area contributed by atoms with Crippen LogP contribution >= 0.6 is 11.6 Å². The highest BCUT2D eigenvalue weighted by atomic mass is 35.5. The predicted octanol–water partition coefficient (Wildman–Crippen LogP) is 4.00. The third kappa shape index (κ3) is 4.51. The van der Waals surface area contributed by atoms with E-state index in [4.69, 9.17) is 11.6 Å². The van der Waals surface area contributed by atoms with Gasteiger partial charge in [0.05, 0.1) is 16.2 Å². The number of nitrogens with zero attached hydrogens (tertiary/aromatic N) is 5. The molecule has 0 spiro atoms. The average Bonchev–Trinajstić information content (AvgIpc) is 3.46. The standard InChI is InChI=1S/C23H17ClFN7O3S/c1-31-22(23(33)27-14-6-8-18(25)17(24)12-14)16-7-5-15(13-19(16)28-31)30-36(34,35)21-9-11-32(29-21)20-4-2-3-10-26-20/h2-13,30H,1H3,(H,27,33). The van der Waals surface area contributed by atoms with Crippen molar-refractivity contribution in [1.29, 1.82) is 0 Å². The Kier molecular flexibility index (Phi) is 5.90. The highest BCUT2D eigenvalue weighted by Gasteiger charge is 2.21. The molecule has 0 aliphatic rings. The van der Waals surface area contributed by atoms with Crippen LogP contribution in [0.15, 0.2) is 78.1 Å². The minimum atomic E-state index is -4.00. The van der Waals surface area contributed by atoms with Crippen LogP contribution in [0.4, 0.5) is 15.8 Å². The van der Waals surface area contributed by atoms with Crippen LogP contribution < -0.4 is 10.0 Å². The maximum Gasteiger partial charge on any atom is 0.281 e. The number of fused-ring (bicyclic) bond motifs is 1. The monoisotopic (exact) mass is 525 g/mol. The van der Waals surface area contributed by atoms with E-state index < -0.39 is 21.7 Å². The summed E-state index contributed by atoms with van der Waals surface area (Å²) in [5, 5.41) is 11.3. The van der Waals surface area contributed by atoms with E-state index in [-0.39, 0.29) is 21.4 Å². The average molecular weight is 526 g/mol. The number of anilines is 2. The number of carbonyl (C=O) groups excluding carboxylic acids is 1. The summed E-state index contributed by atoms with van der Waals surface area (Å²) in [6.45, 7) is 0. The zero-order valence-electron chi connectivity index (χ0n) is 18.6. The number of aromatic nitrogens is 5. The van der Waals surface area contributed by atoms with E-state index in [2.05, 4.69) is 25.2 Å². The van der Waals surface area contributed by atoms with E-state index in [1.165, 1.54) is 45.9 Å². The molecule has 36 heavy (non-hydrogen) atoms. The quantitative estimate of drug-likeness (QED) is 0.345. The van der Waals surface area contributed by atoms with Gasteiger partial charge in [-0.25, -0.2) is 14.1 Å². The van der Waals surface area contributed by atoms with Gasteiger partial charge in [0.2, 0.25) is 0 Å². The first kappa shape index (κ1) is 23.5. The Morgan fingerprint density at radius 2 is 1.83 bits per heavy atom. The van der Waals surface area contributed by atoms with Crippen LogP contribution in [0.1, 0.15) is 10.5 Å². The molecule has 0 unspecified atom stereocenters. The smallest absolute Gasteiger partial charge is 0.281 e. The number of sulfonamides is 1.